The number of amides is 1. The first-order valence-corrected chi connectivity index (χ1v) is 10.3. The predicted molar refractivity (Wildman–Crippen MR) is 108 cm³/mol. The van der Waals surface area contributed by atoms with Crippen LogP contribution in [-0.4, -0.2) is 41.0 Å². The molecular formula is C21H23NO6S. The fourth-order valence-electron chi connectivity index (χ4n) is 3.18. The Bertz CT molecular complexity index is 895. The molecule has 2 aromatic rings. The molecule has 1 aromatic heterocycles. The number of benzene rings is 1. The zero-order chi connectivity index (χ0) is 21.0. The summed E-state index contributed by atoms with van der Waals surface area (Å²) >= 11 is 1.45. The summed E-state index contributed by atoms with van der Waals surface area (Å²) in [5, 5.41) is -0.361. The van der Waals surface area contributed by atoms with Gasteiger partial charge in [0, 0.05) is 23.8 Å². The molecular weight excluding hydrogens is 394 g/mol. The van der Waals surface area contributed by atoms with Crippen molar-refractivity contribution in [1.82, 2.24) is 4.90 Å². The number of furan rings is 1. The third-order valence-electron chi connectivity index (χ3n) is 4.56. The normalized spacial score (nSPS) is 18.5. The SMILES string of the molecule is CCOc1ccc(C(C)=O)cc1COC(=O)[C@@H]1CS[C@@H](c2ccco2)N1C(C)=O. The van der Waals surface area contributed by atoms with Crippen molar-refractivity contribution >= 4 is 29.4 Å². The summed E-state index contributed by atoms with van der Waals surface area (Å²) in [7, 11) is 0. The minimum atomic E-state index is -0.709. The zero-order valence-electron chi connectivity index (χ0n) is 16.5. The molecule has 0 spiro atoms. The summed E-state index contributed by atoms with van der Waals surface area (Å²) in [5.41, 5.74) is 1.12. The molecule has 1 fully saturated rings. The van der Waals surface area contributed by atoms with E-state index in [4.69, 9.17) is 13.9 Å². The van der Waals surface area contributed by atoms with Crippen LogP contribution in [0, 0.1) is 0 Å². The third kappa shape index (κ3) is 4.64. The predicted octanol–water partition coefficient (Wildman–Crippen LogP) is 3.59. The average molecular weight is 417 g/mol. The quantitative estimate of drug-likeness (QED) is 0.503. The molecule has 0 unspecified atom stereocenters. The topological polar surface area (TPSA) is 86.1 Å². The fraction of sp³-hybridized carbons (Fsp3) is 0.381. The maximum atomic E-state index is 12.8. The molecule has 2 atom stereocenters. The van der Waals surface area contributed by atoms with E-state index in [-0.39, 0.29) is 23.7 Å². The number of carbonyl (C=O) groups is 3. The monoisotopic (exact) mass is 417 g/mol. The van der Waals surface area contributed by atoms with E-state index in [0.29, 0.717) is 35.0 Å². The number of rotatable bonds is 7. The first-order chi connectivity index (χ1) is 13.9. The molecule has 3 rings (SSSR count). The number of esters is 1. The smallest absolute Gasteiger partial charge is 0.330 e. The van der Waals surface area contributed by atoms with Gasteiger partial charge in [0.2, 0.25) is 5.91 Å². The third-order valence-corrected chi connectivity index (χ3v) is 5.84. The number of ketones is 1. The second-order valence-corrected chi connectivity index (χ2v) is 7.68. The number of carbonyl (C=O) groups excluding carboxylic acids is 3. The van der Waals surface area contributed by atoms with Gasteiger partial charge in [-0.25, -0.2) is 4.79 Å². The number of Topliss-reactive ketones (excluding diaryl/α,β-unsaturated/α-hetero) is 1. The molecule has 1 aliphatic heterocycles. The van der Waals surface area contributed by atoms with Gasteiger partial charge in [-0.1, -0.05) is 0 Å². The van der Waals surface area contributed by atoms with E-state index in [0.717, 1.165) is 0 Å². The minimum Gasteiger partial charge on any atom is -0.493 e. The second kappa shape index (κ2) is 9.17. The van der Waals surface area contributed by atoms with E-state index in [2.05, 4.69) is 0 Å². The molecule has 154 valence electrons. The van der Waals surface area contributed by atoms with Crippen molar-refractivity contribution in [2.75, 3.05) is 12.4 Å². The molecule has 7 nitrogen and oxygen atoms in total. The van der Waals surface area contributed by atoms with Crippen molar-refractivity contribution < 1.29 is 28.3 Å². The van der Waals surface area contributed by atoms with Crippen molar-refractivity contribution in [3.05, 3.63) is 53.5 Å². The highest BCUT2D eigenvalue weighted by molar-refractivity contribution is 7.99. The summed E-state index contributed by atoms with van der Waals surface area (Å²) in [5.74, 6) is 0.771. The lowest BCUT2D eigenvalue weighted by Gasteiger charge is -2.26. The molecule has 1 aliphatic rings. The van der Waals surface area contributed by atoms with E-state index in [1.54, 1.807) is 30.3 Å². The summed E-state index contributed by atoms with van der Waals surface area (Å²) in [6, 6.07) is 7.86. The molecule has 1 amide bonds. The number of hydrogen-bond acceptors (Lipinski definition) is 7. The molecule has 0 saturated carbocycles. The molecule has 29 heavy (non-hydrogen) atoms. The lowest BCUT2D eigenvalue weighted by Crippen LogP contribution is -2.42. The van der Waals surface area contributed by atoms with Gasteiger partial charge in [0.25, 0.3) is 0 Å². The maximum Gasteiger partial charge on any atom is 0.330 e. The van der Waals surface area contributed by atoms with Crippen molar-refractivity contribution in [2.24, 2.45) is 0 Å². The summed E-state index contributed by atoms with van der Waals surface area (Å²) in [6.45, 7) is 5.15. The summed E-state index contributed by atoms with van der Waals surface area (Å²) in [4.78, 5) is 38.1. The Kier molecular flexibility index (Phi) is 6.64. The molecule has 8 heteroatoms. The molecule has 0 aliphatic carbocycles. The summed E-state index contributed by atoms with van der Waals surface area (Å²) in [6.07, 6.45) is 1.54. The number of thioether (sulfide) groups is 1. The van der Waals surface area contributed by atoms with E-state index in [1.165, 1.54) is 36.8 Å². The van der Waals surface area contributed by atoms with E-state index < -0.39 is 12.0 Å². The van der Waals surface area contributed by atoms with Crippen LogP contribution in [0.25, 0.3) is 0 Å². The van der Waals surface area contributed by atoms with Gasteiger partial charge in [0.15, 0.2) is 5.78 Å². The Morgan fingerprint density at radius 2 is 2.03 bits per heavy atom. The Hall–Kier alpha value is -2.74. The highest BCUT2D eigenvalue weighted by atomic mass is 32.2. The fourth-order valence-corrected chi connectivity index (χ4v) is 4.59. The Balaban J connectivity index is 1.74. The first-order valence-electron chi connectivity index (χ1n) is 9.29. The Morgan fingerprint density at radius 1 is 1.24 bits per heavy atom. The maximum absolute atomic E-state index is 12.8. The van der Waals surface area contributed by atoms with Crippen LogP contribution >= 0.6 is 11.8 Å². The highest BCUT2D eigenvalue weighted by Gasteiger charge is 2.43. The lowest BCUT2D eigenvalue weighted by atomic mass is 10.1. The minimum absolute atomic E-state index is 0.0480. The van der Waals surface area contributed by atoms with Crippen molar-refractivity contribution in [3.63, 3.8) is 0 Å². The van der Waals surface area contributed by atoms with Crippen LogP contribution in [0.5, 0.6) is 5.75 Å². The average Bonchev–Trinajstić information content (AvgIpc) is 3.36. The zero-order valence-corrected chi connectivity index (χ0v) is 17.4. The Morgan fingerprint density at radius 3 is 2.66 bits per heavy atom. The van der Waals surface area contributed by atoms with Crippen LogP contribution in [-0.2, 0) is 20.9 Å². The Labute approximate surface area is 173 Å². The standard InChI is InChI=1S/C21H23NO6S/c1-4-26-18-8-7-15(13(2)23)10-16(18)11-28-21(25)17-12-29-20(22(17)14(3)24)19-6-5-9-27-19/h5-10,17,20H,4,11-12H2,1-3H3/t17-,20-/m0/s1. The van der Waals surface area contributed by atoms with Gasteiger partial charge in [-0.2, -0.15) is 0 Å². The van der Waals surface area contributed by atoms with Crippen LogP contribution in [0.3, 0.4) is 0 Å². The molecule has 1 aromatic carbocycles. The lowest BCUT2D eigenvalue weighted by molar-refractivity contribution is -0.154. The first kappa shape index (κ1) is 21.0. The highest BCUT2D eigenvalue weighted by Crippen LogP contribution is 2.42. The summed E-state index contributed by atoms with van der Waals surface area (Å²) < 4.78 is 16.5. The van der Waals surface area contributed by atoms with E-state index in [9.17, 15) is 14.4 Å². The molecule has 0 N–H and O–H groups in total. The van der Waals surface area contributed by atoms with Gasteiger partial charge in [-0.05, 0) is 44.2 Å². The van der Waals surface area contributed by atoms with Crippen LogP contribution in [0.4, 0.5) is 0 Å². The van der Waals surface area contributed by atoms with Crippen LogP contribution in [0.15, 0.2) is 41.0 Å². The molecule has 0 radical (unpaired) electrons. The largest absolute Gasteiger partial charge is 0.493 e. The van der Waals surface area contributed by atoms with Gasteiger partial charge in [0.1, 0.15) is 29.5 Å². The number of nitrogens with zero attached hydrogens (tertiary/aromatic N) is 1. The van der Waals surface area contributed by atoms with Gasteiger partial charge in [-0.15, -0.1) is 11.8 Å². The van der Waals surface area contributed by atoms with Crippen molar-refractivity contribution in [2.45, 2.75) is 38.8 Å². The van der Waals surface area contributed by atoms with Crippen LogP contribution in [0.1, 0.15) is 47.8 Å². The number of hydrogen-bond donors (Lipinski definition) is 0. The molecule has 2 heterocycles. The van der Waals surface area contributed by atoms with Gasteiger partial charge in [0.05, 0.1) is 12.9 Å². The van der Waals surface area contributed by atoms with Crippen molar-refractivity contribution in [1.29, 1.82) is 0 Å². The van der Waals surface area contributed by atoms with Gasteiger partial charge in [-0.3, -0.25) is 9.59 Å². The van der Waals surface area contributed by atoms with E-state index in [1.807, 2.05) is 6.92 Å². The van der Waals surface area contributed by atoms with Crippen LogP contribution < -0.4 is 4.74 Å². The molecule has 1 saturated heterocycles. The molecule has 0 bridgehead atoms. The number of ether oxygens (including phenoxy) is 2. The van der Waals surface area contributed by atoms with E-state index >= 15 is 0 Å². The van der Waals surface area contributed by atoms with Crippen LogP contribution in [0.2, 0.25) is 0 Å². The van der Waals surface area contributed by atoms with Crippen molar-refractivity contribution in [3.8, 4) is 5.75 Å². The van der Waals surface area contributed by atoms with Gasteiger partial charge >= 0.3 is 5.97 Å². The van der Waals surface area contributed by atoms with Gasteiger partial charge < -0.3 is 18.8 Å². The second-order valence-electron chi connectivity index (χ2n) is 6.56.